The molecule has 1 atom stereocenters. The first kappa shape index (κ1) is 18.6. The van der Waals surface area contributed by atoms with E-state index in [2.05, 4.69) is 47.6 Å². The highest BCUT2D eigenvalue weighted by Gasteiger charge is 2.21. The van der Waals surface area contributed by atoms with Gasteiger partial charge in [-0.05, 0) is 54.8 Å². The van der Waals surface area contributed by atoms with Gasteiger partial charge < -0.3 is 19.9 Å². The van der Waals surface area contributed by atoms with Crippen LogP contribution in [0.2, 0.25) is 0 Å². The summed E-state index contributed by atoms with van der Waals surface area (Å²) in [5.41, 5.74) is 4.50. The number of methoxy groups -OCH3 is 1. The Morgan fingerprint density at radius 1 is 1.18 bits per heavy atom. The van der Waals surface area contributed by atoms with Crippen LogP contribution in [-0.4, -0.2) is 48.6 Å². The summed E-state index contributed by atoms with van der Waals surface area (Å²) >= 11 is 0. The molecular formula is C23H27N3O2. The van der Waals surface area contributed by atoms with Crippen LogP contribution in [0.25, 0.3) is 22.2 Å². The van der Waals surface area contributed by atoms with Crippen molar-refractivity contribution in [1.29, 1.82) is 0 Å². The van der Waals surface area contributed by atoms with E-state index in [4.69, 9.17) is 4.74 Å². The number of nitrogens with one attached hydrogen (secondary N) is 2. The zero-order valence-corrected chi connectivity index (χ0v) is 16.5. The molecule has 3 aromatic rings. The lowest BCUT2D eigenvalue weighted by atomic mass is 10.0. The number of H-pyrrole nitrogens is 1. The molecule has 0 saturated carbocycles. The van der Waals surface area contributed by atoms with Gasteiger partial charge in [-0.1, -0.05) is 18.2 Å². The monoisotopic (exact) mass is 377 g/mol. The molecule has 1 saturated heterocycles. The second-order valence-corrected chi connectivity index (χ2v) is 7.45. The zero-order valence-electron chi connectivity index (χ0n) is 16.5. The number of aryl methyl sites for hydroxylation is 1. The van der Waals surface area contributed by atoms with Crippen LogP contribution in [0.1, 0.15) is 18.9 Å². The first-order valence-corrected chi connectivity index (χ1v) is 9.91. The molecule has 2 N–H and O–H groups in total. The normalized spacial score (nSPS) is 17.1. The minimum Gasteiger partial charge on any atom is -0.497 e. The molecular weight excluding hydrogens is 350 g/mol. The third-order valence-electron chi connectivity index (χ3n) is 5.50. The summed E-state index contributed by atoms with van der Waals surface area (Å²) in [5.74, 6) is 1.07. The molecule has 0 aliphatic carbocycles. The Hall–Kier alpha value is -2.79. The SMILES string of the molecule is COc1ccc(-c2[nH]c3ccccc3c2CCC(=O)N2CCN[C@H](C)C2)cc1. The van der Waals surface area contributed by atoms with Crippen LogP contribution in [0.4, 0.5) is 0 Å². The number of rotatable bonds is 5. The number of benzene rings is 2. The maximum atomic E-state index is 12.8. The number of ether oxygens (including phenoxy) is 1. The van der Waals surface area contributed by atoms with Crippen molar-refractivity contribution in [2.45, 2.75) is 25.8 Å². The second kappa shape index (κ2) is 8.07. The third kappa shape index (κ3) is 3.76. The predicted molar refractivity (Wildman–Crippen MR) is 113 cm³/mol. The minimum atomic E-state index is 0.235. The topological polar surface area (TPSA) is 57.4 Å². The summed E-state index contributed by atoms with van der Waals surface area (Å²) < 4.78 is 5.28. The number of nitrogens with zero attached hydrogens (tertiary/aromatic N) is 1. The molecule has 28 heavy (non-hydrogen) atoms. The van der Waals surface area contributed by atoms with E-state index >= 15 is 0 Å². The highest BCUT2D eigenvalue weighted by Crippen LogP contribution is 2.32. The summed E-state index contributed by atoms with van der Waals surface area (Å²) in [6, 6.07) is 16.7. The van der Waals surface area contributed by atoms with Crippen LogP contribution >= 0.6 is 0 Å². The average molecular weight is 377 g/mol. The van der Waals surface area contributed by atoms with Crippen molar-refractivity contribution < 1.29 is 9.53 Å². The van der Waals surface area contributed by atoms with E-state index in [1.807, 2.05) is 23.1 Å². The fourth-order valence-corrected chi connectivity index (χ4v) is 4.01. The molecule has 0 radical (unpaired) electrons. The van der Waals surface area contributed by atoms with Crippen molar-refractivity contribution in [3.8, 4) is 17.0 Å². The highest BCUT2D eigenvalue weighted by atomic mass is 16.5. The summed E-state index contributed by atoms with van der Waals surface area (Å²) in [6.07, 6.45) is 1.25. The third-order valence-corrected chi connectivity index (χ3v) is 5.50. The fourth-order valence-electron chi connectivity index (χ4n) is 4.01. The Bertz CT molecular complexity index is 962. The van der Waals surface area contributed by atoms with Crippen molar-refractivity contribution in [2.24, 2.45) is 0 Å². The lowest BCUT2D eigenvalue weighted by Gasteiger charge is -2.32. The van der Waals surface area contributed by atoms with Crippen molar-refractivity contribution in [3.63, 3.8) is 0 Å². The molecule has 1 fully saturated rings. The van der Waals surface area contributed by atoms with E-state index in [9.17, 15) is 4.79 Å². The largest absolute Gasteiger partial charge is 0.497 e. The lowest BCUT2D eigenvalue weighted by Crippen LogP contribution is -2.51. The van der Waals surface area contributed by atoms with Crippen LogP contribution in [0.15, 0.2) is 48.5 Å². The van der Waals surface area contributed by atoms with Gasteiger partial charge in [0.1, 0.15) is 5.75 Å². The van der Waals surface area contributed by atoms with Crippen LogP contribution in [0.5, 0.6) is 5.75 Å². The van der Waals surface area contributed by atoms with Crippen LogP contribution < -0.4 is 10.1 Å². The van der Waals surface area contributed by atoms with E-state index < -0.39 is 0 Å². The van der Waals surface area contributed by atoms with Crippen LogP contribution in [-0.2, 0) is 11.2 Å². The fraction of sp³-hybridized carbons (Fsp3) is 0.348. The summed E-state index contributed by atoms with van der Waals surface area (Å²) in [4.78, 5) is 18.3. The van der Waals surface area contributed by atoms with Gasteiger partial charge in [0.15, 0.2) is 0 Å². The lowest BCUT2D eigenvalue weighted by molar-refractivity contribution is -0.132. The van der Waals surface area contributed by atoms with Crippen molar-refractivity contribution >= 4 is 16.8 Å². The van der Waals surface area contributed by atoms with Crippen LogP contribution in [0.3, 0.4) is 0 Å². The Kier molecular flexibility index (Phi) is 5.35. The number of amides is 1. The Balaban J connectivity index is 1.60. The molecule has 1 aliphatic rings. The highest BCUT2D eigenvalue weighted by molar-refractivity contribution is 5.91. The number of para-hydroxylation sites is 1. The first-order valence-electron chi connectivity index (χ1n) is 9.91. The van der Waals surface area contributed by atoms with Gasteiger partial charge in [-0.25, -0.2) is 0 Å². The van der Waals surface area contributed by atoms with E-state index in [0.29, 0.717) is 12.5 Å². The van der Waals surface area contributed by atoms with Crippen molar-refractivity contribution in [3.05, 3.63) is 54.1 Å². The summed E-state index contributed by atoms with van der Waals surface area (Å²) in [5, 5.41) is 4.58. The molecule has 2 aromatic carbocycles. The molecule has 1 aliphatic heterocycles. The molecule has 4 rings (SSSR count). The average Bonchev–Trinajstić information content (AvgIpc) is 3.10. The maximum Gasteiger partial charge on any atom is 0.222 e. The van der Waals surface area contributed by atoms with Gasteiger partial charge >= 0.3 is 0 Å². The number of aromatic amines is 1. The predicted octanol–water partition coefficient (Wildman–Crippen LogP) is 3.60. The molecule has 0 bridgehead atoms. The first-order chi connectivity index (χ1) is 13.7. The van der Waals surface area contributed by atoms with Gasteiger partial charge in [0.25, 0.3) is 0 Å². The number of hydrogen-bond donors (Lipinski definition) is 2. The molecule has 0 spiro atoms. The quantitative estimate of drug-likeness (QED) is 0.714. The number of hydrogen-bond acceptors (Lipinski definition) is 3. The number of fused-ring (bicyclic) bond motifs is 1. The smallest absolute Gasteiger partial charge is 0.222 e. The molecule has 0 unspecified atom stereocenters. The zero-order chi connectivity index (χ0) is 19.5. The Labute approximate surface area is 165 Å². The molecule has 5 nitrogen and oxygen atoms in total. The minimum absolute atomic E-state index is 0.235. The number of carbonyl (C=O) groups is 1. The Morgan fingerprint density at radius 3 is 2.71 bits per heavy atom. The molecule has 146 valence electrons. The molecule has 1 aromatic heterocycles. The van der Waals surface area contributed by atoms with Crippen molar-refractivity contribution in [1.82, 2.24) is 15.2 Å². The van der Waals surface area contributed by atoms with E-state index in [0.717, 1.165) is 48.6 Å². The van der Waals surface area contributed by atoms with Crippen LogP contribution in [0, 0.1) is 0 Å². The number of carbonyl (C=O) groups excluding carboxylic acids is 1. The van der Waals surface area contributed by atoms with Crippen molar-refractivity contribution in [2.75, 3.05) is 26.7 Å². The molecule has 2 heterocycles. The van der Waals surface area contributed by atoms with Gasteiger partial charge in [0.2, 0.25) is 5.91 Å². The maximum absolute atomic E-state index is 12.8. The van der Waals surface area contributed by atoms with E-state index in [-0.39, 0.29) is 5.91 Å². The summed E-state index contributed by atoms with van der Waals surface area (Å²) in [6.45, 7) is 4.58. The number of piperazine rings is 1. The van der Waals surface area contributed by atoms with Gasteiger partial charge in [-0.15, -0.1) is 0 Å². The standard InChI is InChI=1S/C23H27N3O2/c1-16-15-26(14-13-24-16)22(27)12-11-20-19-5-3-4-6-21(19)25-23(20)17-7-9-18(28-2)10-8-17/h3-10,16,24-25H,11-15H2,1-2H3/t16-/m1/s1. The van der Waals surface area contributed by atoms with Gasteiger partial charge in [-0.3, -0.25) is 4.79 Å². The van der Waals surface area contributed by atoms with Gasteiger partial charge in [0.05, 0.1) is 7.11 Å². The van der Waals surface area contributed by atoms with Gasteiger partial charge in [-0.2, -0.15) is 0 Å². The van der Waals surface area contributed by atoms with Gasteiger partial charge in [0, 0.05) is 48.7 Å². The van der Waals surface area contributed by atoms with E-state index in [1.165, 1.54) is 10.9 Å². The Morgan fingerprint density at radius 2 is 1.96 bits per heavy atom. The summed E-state index contributed by atoms with van der Waals surface area (Å²) in [7, 11) is 1.67. The molecule has 1 amide bonds. The number of aromatic nitrogens is 1. The van der Waals surface area contributed by atoms with E-state index in [1.54, 1.807) is 7.11 Å². The molecule has 5 heteroatoms. The second-order valence-electron chi connectivity index (χ2n) is 7.45.